The highest BCUT2D eigenvalue weighted by molar-refractivity contribution is 7.99. The van der Waals surface area contributed by atoms with Crippen LogP contribution in [0.2, 0.25) is 0 Å². The fourth-order valence-corrected chi connectivity index (χ4v) is 3.16. The maximum absolute atomic E-state index is 12.8. The molecule has 1 amide bonds. The Morgan fingerprint density at radius 3 is 2.17 bits per heavy atom. The Morgan fingerprint density at radius 2 is 1.71 bits per heavy atom. The zero-order chi connectivity index (χ0) is 18.0. The predicted molar refractivity (Wildman–Crippen MR) is 78.8 cm³/mol. The van der Waals surface area contributed by atoms with Crippen molar-refractivity contribution in [3.05, 3.63) is 29.3 Å². The predicted octanol–water partition coefficient (Wildman–Crippen LogP) is 3.76. The summed E-state index contributed by atoms with van der Waals surface area (Å²) in [6, 6.07) is 0.859. The van der Waals surface area contributed by atoms with Gasteiger partial charge in [0, 0.05) is 36.2 Å². The van der Waals surface area contributed by atoms with Crippen LogP contribution in [0, 0.1) is 0 Å². The standard InChI is InChI=1S/C14H14F6N2OS/c15-13(16,17)8-3-9(14(18,19)20)5-10(4-8)22-12(23)6-11-7-24-2-1-21-11/h3-5,11,21H,1-2,6-7H2,(H,22,23). The van der Waals surface area contributed by atoms with E-state index in [4.69, 9.17) is 0 Å². The van der Waals surface area contributed by atoms with Gasteiger partial charge in [0.1, 0.15) is 0 Å². The van der Waals surface area contributed by atoms with E-state index in [2.05, 4.69) is 10.6 Å². The molecule has 1 heterocycles. The minimum absolute atomic E-state index is 0.0228. The summed E-state index contributed by atoms with van der Waals surface area (Å²) in [5.74, 6) is 0.910. The molecule has 134 valence electrons. The van der Waals surface area contributed by atoms with E-state index in [1.807, 2.05) is 0 Å². The third-order valence-corrected chi connectivity index (χ3v) is 4.43. The number of carbonyl (C=O) groups is 1. The van der Waals surface area contributed by atoms with Gasteiger partial charge in [-0.15, -0.1) is 0 Å². The van der Waals surface area contributed by atoms with Crippen molar-refractivity contribution in [2.75, 3.05) is 23.4 Å². The molecule has 0 radical (unpaired) electrons. The Labute approximate surface area is 138 Å². The SMILES string of the molecule is O=C(CC1CSCCN1)Nc1cc(C(F)(F)F)cc(C(F)(F)F)c1. The molecule has 0 aliphatic carbocycles. The van der Waals surface area contributed by atoms with Crippen molar-refractivity contribution >= 4 is 23.4 Å². The van der Waals surface area contributed by atoms with Crippen LogP contribution in [0.1, 0.15) is 17.5 Å². The fraction of sp³-hybridized carbons (Fsp3) is 0.500. The molecular formula is C14H14F6N2OS. The van der Waals surface area contributed by atoms with Gasteiger partial charge in [-0.1, -0.05) is 0 Å². The number of alkyl halides is 6. The van der Waals surface area contributed by atoms with Gasteiger partial charge in [-0.2, -0.15) is 38.1 Å². The summed E-state index contributed by atoms with van der Waals surface area (Å²) in [4.78, 5) is 11.9. The molecule has 1 saturated heterocycles. The van der Waals surface area contributed by atoms with Crippen molar-refractivity contribution in [3.8, 4) is 0 Å². The zero-order valence-corrected chi connectivity index (χ0v) is 13.0. The minimum atomic E-state index is -4.94. The Morgan fingerprint density at radius 1 is 1.12 bits per heavy atom. The van der Waals surface area contributed by atoms with Crippen LogP contribution in [-0.4, -0.2) is 30.0 Å². The number of amides is 1. The molecule has 1 aromatic carbocycles. The summed E-state index contributed by atoms with van der Waals surface area (Å²) in [7, 11) is 0. The van der Waals surface area contributed by atoms with Gasteiger partial charge in [0.15, 0.2) is 0 Å². The van der Waals surface area contributed by atoms with Gasteiger partial charge in [0.25, 0.3) is 0 Å². The normalized spacial score (nSPS) is 19.2. The van der Waals surface area contributed by atoms with E-state index in [0.29, 0.717) is 24.4 Å². The quantitative estimate of drug-likeness (QED) is 0.794. The lowest BCUT2D eigenvalue weighted by Crippen LogP contribution is -2.39. The second kappa shape index (κ2) is 7.22. The van der Waals surface area contributed by atoms with Gasteiger partial charge >= 0.3 is 12.4 Å². The molecule has 24 heavy (non-hydrogen) atoms. The van der Waals surface area contributed by atoms with Crippen LogP contribution in [0.4, 0.5) is 32.0 Å². The van der Waals surface area contributed by atoms with E-state index in [1.54, 1.807) is 11.8 Å². The van der Waals surface area contributed by atoms with Gasteiger partial charge in [0.2, 0.25) is 5.91 Å². The molecule has 0 bridgehead atoms. The third-order valence-electron chi connectivity index (χ3n) is 3.30. The van der Waals surface area contributed by atoms with Crippen LogP contribution in [0.5, 0.6) is 0 Å². The van der Waals surface area contributed by atoms with E-state index >= 15 is 0 Å². The number of nitrogens with one attached hydrogen (secondary N) is 2. The van der Waals surface area contributed by atoms with Crippen molar-refractivity contribution in [2.24, 2.45) is 0 Å². The molecule has 2 N–H and O–H groups in total. The van der Waals surface area contributed by atoms with E-state index in [-0.39, 0.29) is 18.5 Å². The lowest BCUT2D eigenvalue weighted by atomic mass is 10.1. The average molecular weight is 372 g/mol. The van der Waals surface area contributed by atoms with Gasteiger partial charge in [0.05, 0.1) is 11.1 Å². The van der Waals surface area contributed by atoms with Crippen molar-refractivity contribution in [2.45, 2.75) is 24.8 Å². The first-order valence-electron chi connectivity index (χ1n) is 6.96. The number of thioether (sulfide) groups is 1. The highest BCUT2D eigenvalue weighted by Gasteiger charge is 2.37. The van der Waals surface area contributed by atoms with E-state index in [0.717, 1.165) is 5.75 Å². The maximum atomic E-state index is 12.8. The number of carbonyl (C=O) groups excluding carboxylic acids is 1. The number of hydrogen-bond acceptors (Lipinski definition) is 3. The van der Waals surface area contributed by atoms with Gasteiger partial charge in [-0.25, -0.2) is 0 Å². The largest absolute Gasteiger partial charge is 0.416 e. The van der Waals surface area contributed by atoms with Gasteiger partial charge in [-0.3, -0.25) is 4.79 Å². The lowest BCUT2D eigenvalue weighted by Gasteiger charge is -2.22. The summed E-state index contributed by atoms with van der Waals surface area (Å²) < 4.78 is 76.5. The third kappa shape index (κ3) is 5.30. The maximum Gasteiger partial charge on any atom is 0.416 e. The van der Waals surface area contributed by atoms with Crippen LogP contribution in [0.3, 0.4) is 0 Å². The van der Waals surface area contributed by atoms with Crippen molar-refractivity contribution in [3.63, 3.8) is 0 Å². The molecule has 0 saturated carbocycles. The van der Waals surface area contributed by atoms with Crippen molar-refractivity contribution in [1.82, 2.24) is 5.32 Å². The smallest absolute Gasteiger partial charge is 0.326 e. The molecule has 3 nitrogen and oxygen atoms in total. The topological polar surface area (TPSA) is 41.1 Å². The van der Waals surface area contributed by atoms with E-state index in [9.17, 15) is 31.1 Å². The van der Waals surface area contributed by atoms with Crippen LogP contribution in [0.15, 0.2) is 18.2 Å². The Kier molecular flexibility index (Phi) is 5.69. The first-order chi connectivity index (χ1) is 11.1. The monoisotopic (exact) mass is 372 g/mol. The second-order valence-electron chi connectivity index (χ2n) is 5.27. The molecule has 1 aromatic rings. The summed E-state index contributed by atoms with van der Waals surface area (Å²) in [6.45, 7) is 0.699. The molecule has 0 spiro atoms. The molecule has 10 heteroatoms. The van der Waals surface area contributed by atoms with Crippen LogP contribution in [-0.2, 0) is 17.1 Å². The molecule has 2 rings (SSSR count). The van der Waals surface area contributed by atoms with Gasteiger partial charge < -0.3 is 10.6 Å². The number of benzene rings is 1. The minimum Gasteiger partial charge on any atom is -0.326 e. The molecular weight excluding hydrogens is 358 g/mol. The first-order valence-corrected chi connectivity index (χ1v) is 8.11. The lowest BCUT2D eigenvalue weighted by molar-refractivity contribution is -0.143. The molecule has 1 fully saturated rings. The van der Waals surface area contributed by atoms with Crippen molar-refractivity contribution in [1.29, 1.82) is 0 Å². The highest BCUT2D eigenvalue weighted by Crippen LogP contribution is 2.37. The molecule has 1 atom stereocenters. The molecule has 1 aliphatic rings. The number of anilines is 1. The second-order valence-corrected chi connectivity index (χ2v) is 6.42. The Hall–Kier alpha value is -1.42. The molecule has 1 aliphatic heterocycles. The molecule has 1 unspecified atom stereocenters. The van der Waals surface area contributed by atoms with Gasteiger partial charge in [-0.05, 0) is 18.2 Å². The van der Waals surface area contributed by atoms with E-state index < -0.39 is 35.1 Å². The molecule has 0 aromatic heterocycles. The Balaban J connectivity index is 2.17. The average Bonchev–Trinajstić information content (AvgIpc) is 2.46. The van der Waals surface area contributed by atoms with Crippen LogP contribution < -0.4 is 10.6 Å². The zero-order valence-electron chi connectivity index (χ0n) is 12.2. The van der Waals surface area contributed by atoms with Crippen LogP contribution in [0.25, 0.3) is 0 Å². The fourth-order valence-electron chi connectivity index (χ4n) is 2.21. The van der Waals surface area contributed by atoms with Crippen LogP contribution >= 0.6 is 11.8 Å². The Bertz CT molecular complexity index is 564. The number of rotatable bonds is 3. The number of halogens is 6. The highest BCUT2D eigenvalue weighted by atomic mass is 32.2. The van der Waals surface area contributed by atoms with Crippen molar-refractivity contribution < 1.29 is 31.1 Å². The summed E-state index contributed by atoms with van der Waals surface area (Å²) >= 11 is 1.62. The summed E-state index contributed by atoms with van der Waals surface area (Å²) in [6.07, 6.45) is -9.91. The summed E-state index contributed by atoms with van der Waals surface area (Å²) in [5.41, 5.74) is -3.44. The number of hydrogen-bond donors (Lipinski definition) is 2. The van der Waals surface area contributed by atoms with E-state index in [1.165, 1.54) is 0 Å². The first kappa shape index (κ1) is 18.9. The summed E-state index contributed by atoms with van der Waals surface area (Å²) in [5, 5.41) is 5.19.